The van der Waals surface area contributed by atoms with Gasteiger partial charge in [0.1, 0.15) is 11.2 Å². The summed E-state index contributed by atoms with van der Waals surface area (Å²) in [6.45, 7) is 0. The molecule has 0 spiro atoms. The SMILES string of the molecule is [2H]c1c([2H])c([2H])c2c(c1[2H])c1c([2H])c([2H])c([2H])c([2H])c1c1c([2H])c(-c3cccc(-c4ccc(-c5cccc6oc7ccccc7c56)cc4)c3)c([2H])c([2H])c21. The molecule has 200 valence electrons. The van der Waals surface area contributed by atoms with Gasteiger partial charge in [-0.25, -0.2) is 0 Å². The molecule has 0 saturated heterocycles. The van der Waals surface area contributed by atoms with Gasteiger partial charge in [-0.3, -0.25) is 0 Å². The average molecular weight is 558 g/mol. The maximum absolute atomic E-state index is 9.54. The quantitative estimate of drug-likeness (QED) is 0.197. The summed E-state index contributed by atoms with van der Waals surface area (Å²) in [7, 11) is 0. The third-order valence-electron chi connectivity index (χ3n) is 8.02. The molecule has 8 aromatic carbocycles. The first-order chi connectivity index (χ1) is 25.9. The van der Waals surface area contributed by atoms with Crippen LogP contribution in [0.5, 0.6) is 0 Å². The summed E-state index contributed by atoms with van der Waals surface area (Å²) in [5.41, 5.74) is 5.74. The lowest BCUT2D eigenvalue weighted by Gasteiger charge is -2.13. The van der Waals surface area contributed by atoms with Crippen molar-refractivity contribution in [3.8, 4) is 33.4 Å². The van der Waals surface area contributed by atoms with Crippen LogP contribution < -0.4 is 0 Å². The van der Waals surface area contributed by atoms with Gasteiger partial charge >= 0.3 is 0 Å². The standard InChI is InChI=1S/C42H26O/c1-2-13-35-33(11-1)34-12-3-4-14-36(34)39-26-31(23-24-37(35)39)30-10-7-9-29(25-30)27-19-21-28(22-20-27)32-16-8-18-41-42(32)38-15-5-6-17-40(38)43-41/h1-26H/i1D,2D,3D,4D,11D,12D,13D,14D,23D,24D,26D. The van der Waals surface area contributed by atoms with Crippen LogP contribution in [-0.4, -0.2) is 0 Å². The molecule has 0 N–H and O–H groups in total. The van der Waals surface area contributed by atoms with Crippen LogP contribution in [0.2, 0.25) is 0 Å². The molecular weight excluding hydrogens is 520 g/mol. The zero-order valence-corrected chi connectivity index (χ0v) is 22.6. The Morgan fingerprint density at radius 1 is 0.395 bits per heavy atom. The lowest BCUT2D eigenvalue weighted by Crippen LogP contribution is -1.86. The first-order valence-corrected chi connectivity index (χ1v) is 13.9. The maximum Gasteiger partial charge on any atom is 0.136 e. The molecule has 0 unspecified atom stereocenters. The van der Waals surface area contributed by atoms with E-state index in [9.17, 15) is 4.11 Å². The summed E-state index contributed by atoms with van der Waals surface area (Å²) >= 11 is 0. The van der Waals surface area contributed by atoms with Crippen LogP contribution in [0, 0.1) is 0 Å². The van der Waals surface area contributed by atoms with Crippen LogP contribution in [0.3, 0.4) is 0 Å². The van der Waals surface area contributed by atoms with Gasteiger partial charge in [0, 0.05) is 10.8 Å². The molecule has 0 radical (unpaired) electrons. The lowest BCUT2D eigenvalue weighted by atomic mass is 9.91. The van der Waals surface area contributed by atoms with Crippen LogP contribution in [0.25, 0.3) is 87.6 Å². The molecule has 0 saturated carbocycles. The summed E-state index contributed by atoms with van der Waals surface area (Å²) in [6.07, 6.45) is 0. The van der Waals surface area contributed by atoms with E-state index < -0.39 is 54.4 Å². The molecule has 0 bridgehead atoms. The summed E-state index contributed by atoms with van der Waals surface area (Å²) in [5, 5.41) is 1.18. The van der Waals surface area contributed by atoms with Gasteiger partial charge in [0.15, 0.2) is 0 Å². The second-order valence-corrected chi connectivity index (χ2v) is 10.4. The van der Waals surface area contributed by atoms with Crippen molar-refractivity contribution in [1.82, 2.24) is 0 Å². The molecule has 0 aliphatic heterocycles. The van der Waals surface area contributed by atoms with E-state index in [4.69, 9.17) is 15.4 Å². The number of furan rings is 1. The largest absolute Gasteiger partial charge is 0.456 e. The smallest absolute Gasteiger partial charge is 0.136 e. The highest BCUT2D eigenvalue weighted by Crippen LogP contribution is 2.39. The van der Waals surface area contributed by atoms with Gasteiger partial charge in [0.25, 0.3) is 0 Å². The molecule has 0 atom stereocenters. The van der Waals surface area contributed by atoms with Gasteiger partial charge in [-0.1, -0.05) is 133 Å². The van der Waals surface area contributed by atoms with E-state index in [2.05, 4.69) is 6.07 Å². The molecule has 9 aromatic rings. The predicted molar refractivity (Wildman–Crippen MR) is 183 cm³/mol. The second kappa shape index (κ2) is 9.44. The van der Waals surface area contributed by atoms with Crippen molar-refractivity contribution < 1.29 is 19.5 Å². The fraction of sp³-hybridized carbons (Fsp3) is 0. The van der Waals surface area contributed by atoms with Gasteiger partial charge in [0.2, 0.25) is 0 Å². The molecule has 0 aliphatic rings. The number of para-hydroxylation sites is 1. The molecule has 0 fully saturated rings. The lowest BCUT2D eigenvalue weighted by molar-refractivity contribution is 0.669. The average Bonchev–Trinajstić information content (AvgIpc) is 3.58. The fourth-order valence-electron chi connectivity index (χ4n) is 6.01. The van der Waals surface area contributed by atoms with E-state index in [1.54, 1.807) is 18.2 Å². The van der Waals surface area contributed by atoms with Crippen molar-refractivity contribution in [2.24, 2.45) is 0 Å². The first-order valence-electron chi connectivity index (χ1n) is 19.4. The number of benzene rings is 8. The minimum absolute atomic E-state index is 0.0541. The highest BCUT2D eigenvalue weighted by atomic mass is 16.3. The Morgan fingerprint density at radius 3 is 1.72 bits per heavy atom. The van der Waals surface area contributed by atoms with Crippen molar-refractivity contribution in [3.05, 3.63) is 157 Å². The van der Waals surface area contributed by atoms with Gasteiger partial charge in [-0.2, -0.15) is 0 Å². The molecule has 43 heavy (non-hydrogen) atoms. The number of hydrogen-bond donors (Lipinski definition) is 0. The van der Waals surface area contributed by atoms with E-state index in [0.29, 0.717) is 5.56 Å². The van der Waals surface area contributed by atoms with Crippen LogP contribution in [0.4, 0.5) is 0 Å². The fourth-order valence-corrected chi connectivity index (χ4v) is 6.01. The minimum Gasteiger partial charge on any atom is -0.456 e. The van der Waals surface area contributed by atoms with Crippen LogP contribution in [-0.2, 0) is 0 Å². The minimum atomic E-state index is -0.599. The van der Waals surface area contributed by atoms with E-state index in [-0.39, 0.29) is 50.0 Å². The second-order valence-electron chi connectivity index (χ2n) is 10.4. The number of rotatable bonds is 3. The van der Waals surface area contributed by atoms with Gasteiger partial charge in [-0.05, 0) is 89.9 Å². The Morgan fingerprint density at radius 2 is 0.977 bits per heavy atom. The summed E-state index contributed by atoms with van der Waals surface area (Å²) < 4.78 is 103. The van der Waals surface area contributed by atoms with Crippen molar-refractivity contribution in [1.29, 1.82) is 0 Å². The molecule has 1 nitrogen and oxygen atoms in total. The highest BCUT2D eigenvalue weighted by Gasteiger charge is 2.13. The third kappa shape index (κ3) is 3.79. The van der Waals surface area contributed by atoms with Crippen LogP contribution >= 0.6 is 0 Å². The topological polar surface area (TPSA) is 13.1 Å². The first kappa shape index (κ1) is 15.5. The summed E-state index contributed by atoms with van der Waals surface area (Å²) in [6, 6.07) is 23.6. The highest BCUT2D eigenvalue weighted by molar-refractivity contribution is 6.25. The van der Waals surface area contributed by atoms with Gasteiger partial charge in [-0.15, -0.1) is 0 Å². The van der Waals surface area contributed by atoms with Crippen LogP contribution in [0.1, 0.15) is 15.1 Å². The molecule has 0 aliphatic carbocycles. The Hall–Kier alpha value is -5.66. The Kier molecular flexibility index (Phi) is 3.41. The molecule has 1 heterocycles. The maximum atomic E-state index is 9.54. The summed E-state index contributed by atoms with van der Waals surface area (Å²) in [5.74, 6) is 0. The van der Waals surface area contributed by atoms with Crippen molar-refractivity contribution in [3.63, 3.8) is 0 Å². The molecule has 0 amide bonds. The molecule has 9 rings (SSSR count). The van der Waals surface area contributed by atoms with Crippen molar-refractivity contribution >= 4 is 54.3 Å². The molecule has 1 heteroatoms. The number of hydrogen-bond acceptors (Lipinski definition) is 1. The van der Waals surface area contributed by atoms with E-state index in [1.165, 1.54) is 0 Å². The van der Waals surface area contributed by atoms with Crippen LogP contribution in [0.15, 0.2) is 162 Å². The van der Waals surface area contributed by atoms with Crippen molar-refractivity contribution in [2.45, 2.75) is 0 Å². The third-order valence-corrected chi connectivity index (χ3v) is 8.02. The van der Waals surface area contributed by atoms with Gasteiger partial charge < -0.3 is 4.42 Å². The zero-order valence-electron chi connectivity index (χ0n) is 33.6. The Balaban J connectivity index is 1.27. The van der Waals surface area contributed by atoms with E-state index in [1.807, 2.05) is 66.7 Å². The Bertz CT molecular complexity index is 3070. The number of fused-ring (bicyclic) bond motifs is 9. The molecular formula is C42H26O. The van der Waals surface area contributed by atoms with E-state index >= 15 is 0 Å². The van der Waals surface area contributed by atoms with Crippen molar-refractivity contribution in [2.75, 3.05) is 0 Å². The zero-order chi connectivity index (χ0) is 37.9. The van der Waals surface area contributed by atoms with E-state index in [0.717, 1.165) is 44.2 Å². The predicted octanol–water partition coefficient (Wildman–Crippen LogP) is 12.0. The monoisotopic (exact) mass is 557 g/mol. The normalized spacial score (nSPS) is 15.3. The molecule has 1 aromatic heterocycles. The Labute approximate surface area is 264 Å². The van der Waals surface area contributed by atoms with Gasteiger partial charge in [0.05, 0.1) is 15.1 Å². The summed E-state index contributed by atoms with van der Waals surface area (Å²) in [4.78, 5) is 0.